The topological polar surface area (TPSA) is 47.6 Å². The van der Waals surface area contributed by atoms with E-state index >= 15 is 0 Å². The van der Waals surface area contributed by atoms with E-state index < -0.39 is 0 Å². The van der Waals surface area contributed by atoms with Crippen LogP contribution in [0.1, 0.15) is 24.5 Å². The zero-order valence-corrected chi connectivity index (χ0v) is 13.9. The largest absolute Gasteiger partial charge is 0.493 e. The highest BCUT2D eigenvalue weighted by Gasteiger charge is 2.07. The van der Waals surface area contributed by atoms with Crippen LogP contribution in [0.5, 0.6) is 11.5 Å². The molecule has 1 amide bonds. The predicted octanol–water partition coefficient (Wildman–Crippen LogP) is 4.11. The Balaban J connectivity index is 1.84. The van der Waals surface area contributed by atoms with Gasteiger partial charge in [-0.3, -0.25) is 4.79 Å². The number of carbonyl (C=O) groups is 1. The van der Waals surface area contributed by atoms with Crippen molar-refractivity contribution in [2.75, 3.05) is 18.5 Å². The van der Waals surface area contributed by atoms with Crippen LogP contribution in [-0.2, 0) is 4.79 Å². The highest BCUT2D eigenvalue weighted by atomic mass is 16.5. The van der Waals surface area contributed by atoms with Crippen molar-refractivity contribution in [3.63, 3.8) is 0 Å². The molecule has 4 heteroatoms. The third-order valence-corrected chi connectivity index (χ3v) is 3.54. The van der Waals surface area contributed by atoms with Gasteiger partial charge in [-0.05, 0) is 56.2 Å². The number of nitrogens with one attached hydrogen (secondary N) is 1. The Morgan fingerprint density at radius 2 is 1.83 bits per heavy atom. The second-order valence-corrected chi connectivity index (χ2v) is 5.32. The van der Waals surface area contributed by atoms with Crippen molar-refractivity contribution >= 4 is 11.6 Å². The smallest absolute Gasteiger partial charge is 0.227 e. The summed E-state index contributed by atoms with van der Waals surface area (Å²) in [5, 5.41) is 2.86. The summed E-state index contributed by atoms with van der Waals surface area (Å²) in [6, 6.07) is 13.3. The summed E-state index contributed by atoms with van der Waals surface area (Å²) in [5.74, 6) is 1.37. The molecule has 0 radical (unpaired) electrons. The molecule has 4 nitrogen and oxygen atoms in total. The van der Waals surface area contributed by atoms with Crippen molar-refractivity contribution in [1.82, 2.24) is 0 Å². The Morgan fingerprint density at radius 1 is 1.04 bits per heavy atom. The van der Waals surface area contributed by atoms with E-state index in [4.69, 9.17) is 9.47 Å². The maximum atomic E-state index is 12.0. The van der Waals surface area contributed by atoms with Gasteiger partial charge in [0.25, 0.3) is 0 Å². The number of hydrogen-bond donors (Lipinski definition) is 1. The second kappa shape index (κ2) is 8.22. The third kappa shape index (κ3) is 5.02. The Morgan fingerprint density at radius 3 is 2.57 bits per heavy atom. The van der Waals surface area contributed by atoms with Gasteiger partial charge in [-0.15, -0.1) is 0 Å². The van der Waals surface area contributed by atoms with Crippen molar-refractivity contribution in [2.24, 2.45) is 0 Å². The van der Waals surface area contributed by atoms with Crippen LogP contribution in [0.4, 0.5) is 5.69 Å². The highest BCUT2D eigenvalue weighted by Crippen LogP contribution is 2.23. The molecule has 0 spiro atoms. The van der Waals surface area contributed by atoms with Gasteiger partial charge in [0.2, 0.25) is 5.91 Å². The highest BCUT2D eigenvalue weighted by molar-refractivity contribution is 5.92. The quantitative estimate of drug-likeness (QED) is 0.837. The van der Waals surface area contributed by atoms with Crippen molar-refractivity contribution < 1.29 is 14.3 Å². The normalized spacial score (nSPS) is 10.2. The molecule has 0 saturated heterocycles. The van der Waals surface area contributed by atoms with Gasteiger partial charge in [0.15, 0.2) is 0 Å². The minimum absolute atomic E-state index is 0.0963. The molecule has 0 atom stereocenters. The first kappa shape index (κ1) is 16.9. The number of aryl methyl sites for hydroxylation is 2. The maximum absolute atomic E-state index is 12.0. The van der Waals surface area contributed by atoms with E-state index in [1.165, 1.54) is 11.1 Å². The molecule has 2 aromatic rings. The molecule has 0 aliphatic carbocycles. The minimum Gasteiger partial charge on any atom is -0.493 e. The Hall–Kier alpha value is -2.49. The van der Waals surface area contributed by atoms with Crippen LogP contribution >= 0.6 is 0 Å². The number of rotatable bonds is 7. The SMILES string of the molecule is CCOc1ccccc1NC(=O)CCOc1ccc(C)c(C)c1. The van der Waals surface area contributed by atoms with Crippen molar-refractivity contribution in [3.05, 3.63) is 53.6 Å². The number of para-hydroxylation sites is 2. The number of carbonyl (C=O) groups excluding carboxylic acids is 1. The molecule has 0 fully saturated rings. The van der Waals surface area contributed by atoms with Gasteiger partial charge in [0.1, 0.15) is 11.5 Å². The number of anilines is 1. The van der Waals surface area contributed by atoms with E-state index in [9.17, 15) is 4.79 Å². The Bertz CT molecular complexity index is 667. The van der Waals surface area contributed by atoms with Gasteiger partial charge in [0.05, 0.1) is 25.3 Å². The van der Waals surface area contributed by atoms with E-state index in [0.29, 0.717) is 24.7 Å². The average molecular weight is 313 g/mol. The summed E-state index contributed by atoms with van der Waals surface area (Å²) in [6.07, 6.45) is 0.285. The molecule has 23 heavy (non-hydrogen) atoms. The average Bonchev–Trinajstić information content (AvgIpc) is 2.53. The lowest BCUT2D eigenvalue weighted by Crippen LogP contribution is -2.16. The predicted molar refractivity (Wildman–Crippen MR) is 92.3 cm³/mol. The first-order valence-corrected chi connectivity index (χ1v) is 7.82. The van der Waals surface area contributed by atoms with Crippen LogP contribution in [0.15, 0.2) is 42.5 Å². The zero-order chi connectivity index (χ0) is 16.7. The minimum atomic E-state index is -0.0963. The first-order valence-electron chi connectivity index (χ1n) is 7.82. The van der Waals surface area contributed by atoms with E-state index in [2.05, 4.69) is 12.2 Å². The molecule has 0 unspecified atom stereocenters. The summed E-state index contributed by atoms with van der Waals surface area (Å²) in [7, 11) is 0. The number of benzene rings is 2. The summed E-state index contributed by atoms with van der Waals surface area (Å²) in [4.78, 5) is 12.0. The molecule has 1 N–H and O–H groups in total. The standard InChI is InChI=1S/C19H23NO3/c1-4-22-18-8-6-5-7-17(18)20-19(21)11-12-23-16-10-9-14(2)15(3)13-16/h5-10,13H,4,11-12H2,1-3H3,(H,20,21). The fourth-order valence-electron chi connectivity index (χ4n) is 2.13. The van der Waals surface area contributed by atoms with Gasteiger partial charge in [-0.25, -0.2) is 0 Å². The van der Waals surface area contributed by atoms with Gasteiger partial charge < -0.3 is 14.8 Å². The van der Waals surface area contributed by atoms with E-state index in [-0.39, 0.29) is 12.3 Å². The number of hydrogen-bond acceptors (Lipinski definition) is 3. The lowest BCUT2D eigenvalue weighted by molar-refractivity contribution is -0.116. The number of amides is 1. The lowest BCUT2D eigenvalue weighted by atomic mass is 10.1. The summed E-state index contributed by atoms with van der Waals surface area (Å²) in [5.41, 5.74) is 3.09. The summed E-state index contributed by atoms with van der Waals surface area (Å²) < 4.78 is 11.1. The molecular weight excluding hydrogens is 290 g/mol. The first-order chi connectivity index (χ1) is 11.1. The molecule has 0 aliphatic rings. The Labute approximate surface area is 137 Å². The van der Waals surface area contributed by atoms with Crippen LogP contribution in [0, 0.1) is 13.8 Å². The maximum Gasteiger partial charge on any atom is 0.227 e. The van der Waals surface area contributed by atoms with E-state index in [0.717, 1.165) is 5.75 Å². The van der Waals surface area contributed by atoms with Crippen molar-refractivity contribution in [1.29, 1.82) is 0 Å². The fourth-order valence-corrected chi connectivity index (χ4v) is 2.13. The van der Waals surface area contributed by atoms with Crippen LogP contribution < -0.4 is 14.8 Å². The lowest BCUT2D eigenvalue weighted by Gasteiger charge is -2.12. The summed E-state index contributed by atoms with van der Waals surface area (Å²) in [6.45, 7) is 6.91. The monoisotopic (exact) mass is 313 g/mol. The van der Waals surface area contributed by atoms with Gasteiger partial charge in [-0.1, -0.05) is 18.2 Å². The number of ether oxygens (including phenoxy) is 2. The van der Waals surface area contributed by atoms with Gasteiger partial charge in [0, 0.05) is 0 Å². The molecule has 0 heterocycles. The van der Waals surface area contributed by atoms with Crippen LogP contribution in [0.2, 0.25) is 0 Å². The molecule has 2 aromatic carbocycles. The van der Waals surface area contributed by atoms with E-state index in [1.807, 2.05) is 56.3 Å². The van der Waals surface area contributed by atoms with E-state index in [1.54, 1.807) is 0 Å². The summed E-state index contributed by atoms with van der Waals surface area (Å²) >= 11 is 0. The zero-order valence-electron chi connectivity index (χ0n) is 13.9. The van der Waals surface area contributed by atoms with Gasteiger partial charge >= 0.3 is 0 Å². The van der Waals surface area contributed by atoms with Crippen molar-refractivity contribution in [3.8, 4) is 11.5 Å². The third-order valence-electron chi connectivity index (χ3n) is 3.54. The molecule has 2 rings (SSSR count). The van der Waals surface area contributed by atoms with Crippen LogP contribution in [0.3, 0.4) is 0 Å². The molecule has 122 valence electrons. The molecule has 0 aromatic heterocycles. The molecule has 0 saturated carbocycles. The molecular formula is C19H23NO3. The second-order valence-electron chi connectivity index (χ2n) is 5.32. The van der Waals surface area contributed by atoms with Crippen molar-refractivity contribution in [2.45, 2.75) is 27.2 Å². The molecule has 0 aliphatic heterocycles. The van der Waals surface area contributed by atoms with Gasteiger partial charge in [-0.2, -0.15) is 0 Å². The van der Waals surface area contributed by atoms with Crippen LogP contribution in [-0.4, -0.2) is 19.1 Å². The van der Waals surface area contributed by atoms with Crippen LogP contribution in [0.25, 0.3) is 0 Å². The Kier molecular flexibility index (Phi) is 6.03. The fraction of sp³-hybridized carbons (Fsp3) is 0.316. The molecule has 0 bridgehead atoms.